The van der Waals surface area contributed by atoms with Crippen molar-refractivity contribution in [1.29, 1.82) is 0 Å². The number of rotatable bonds is 5. The molecule has 0 spiro atoms. The zero-order valence-electron chi connectivity index (χ0n) is 18.0. The number of fused-ring (bicyclic) bond motifs is 3. The number of aromatic nitrogens is 3. The van der Waals surface area contributed by atoms with Crippen LogP contribution in [-0.2, 0) is 18.5 Å². The van der Waals surface area contributed by atoms with Crippen molar-refractivity contribution < 1.29 is 13.2 Å². The molecular weight excluding hydrogens is 479 g/mol. The lowest BCUT2D eigenvalue weighted by molar-refractivity contribution is -0.137. The number of halogens is 3. The van der Waals surface area contributed by atoms with E-state index in [1.54, 1.807) is 22.9 Å². The van der Waals surface area contributed by atoms with E-state index in [4.69, 9.17) is 4.98 Å². The number of aryl methyl sites for hydroxylation is 1. The van der Waals surface area contributed by atoms with Crippen LogP contribution in [0.3, 0.4) is 0 Å². The Morgan fingerprint density at radius 1 is 1.03 bits per heavy atom. The van der Waals surface area contributed by atoms with Crippen molar-refractivity contribution in [3.05, 3.63) is 99.5 Å². The SMILES string of the molecule is Cc1ccc(Cn2c(SCc3cccc(C(F)(F)F)c3)nc3c(sc4ncccc43)c2=O)cc1. The lowest BCUT2D eigenvalue weighted by atomic mass is 10.1. The fourth-order valence-electron chi connectivity index (χ4n) is 3.65. The molecule has 3 heterocycles. The van der Waals surface area contributed by atoms with Crippen molar-refractivity contribution in [1.82, 2.24) is 14.5 Å². The maximum Gasteiger partial charge on any atom is 0.416 e. The Hall–Kier alpha value is -3.17. The zero-order valence-corrected chi connectivity index (χ0v) is 19.6. The number of hydrogen-bond acceptors (Lipinski definition) is 5. The van der Waals surface area contributed by atoms with Gasteiger partial charge in [-0.3, -0.25) is 9.36 Å². The van der Waals surface area contributed by atoms with E-state index in [1.807, 2.05) is 37.3 Å². The molecule has 5 rings (SSSR count). The van der Waals surface area contributed by atoms with E-state index in [0.717, 1.165) is 33.5 Å². The van der Waals surface area contributed by atoms with Crippen LogP contribution < -0.4 is 5.56 Å². The highest BCUT2D eigenvalue weighted by Gasteiger charge is 2.30. The minimum Gasteiger partial charge on any atom is -0.282 e. The molecule has 0 bridgehead atoms. The molecule has 0 saturated heterocycles. The lowest BCUT2D eigenvalue weighted by Gasteiger charge is -2.13. The van der Waals surface area contributed by atoms with E-state index in [-0.39, 0.29) is 11.3 Å². The molecule has 9 heteroatoms. The van der Waals surface area contributed by atoms with Gasteiger partial charge in [0.15, 0.2) is 5.16 Å². The van der Waals surface area contributed by atoms with E-state index in [9.17, 15) is 18.0 Å². The molecule has 0 fully saturated rings. The Balaban J connectivity index is 1.59. The van der Waals surface area contributed by atoms with Gasteiger partial charge in [-0.25, -0.2) is 9.97 Å². The second kappa shape index (κ2) is 8.88. The average molecular weight is 498 g/mol. The Kier molecular flexibility index (Phi) is 5.91. The summed E-state index contributed by atoms with van der Waals surface area (Å²) in [6, 6.07) is 16.8. The van der Waals surface area contributed by atoms with Gasteiger partial charge in [0.2, 0.25) is 0 Å². The van der Waals surface area contributed by atoms with Crippen molar-refractivity contribution in [3.63, 3.8) is 0 Å². The summed E-state index contributed by atoms with van der Waals surface area (Å²) in [5, 5.41) is 1.25. The number of thiophene rings is 1. The van der Waals surface area contributed by atoms with E-state index in [2.05, 4.69) is 4.98 Å². The molecule has 0 aliphatic carbocycles. The van der Waals surface area contributed by atoms with Crippen LogP contribution in [0.4, 0.5) is 13.2 Å². The second-order valence-electron chi connectivity index (χ2n) is 7.89. The average Bonchev–Trinajstić information content (AvgIpc) is 3.20. The highest BCUT2D eigenvalue weighted by atomic mass is 32.2. The van der Waals surface area contributed by atoms with Crippen LogP contribution in [0.15, 0.2) is 76.8 Å². The van der Waals surface area contributed by atoms with Crippen LogP contribution in [0.25, 0.3) is 20.4 Å². The lowest BCUT2D eigenvalue weighted by Crippen LogP contribution is -2.23. The molecule has 0 unspecified atom stereocenters. The summed E-state index contributed by atoms with van der Waals surface area (Å²) in [4.78, 5) is 23.4. The predicted molar refractivity (Wildman–Crippen MR) is 130 cm³/mol. The molecule has 0 amide bonds. The third kappa shape index (κ3) is 4.45. The highest BCUT2D eigenvalue weighted by molar-refractivity contribution is 7.98. The molecule has 0 N–H and O–H groups in total. The second-order valence-corrected chi connectivity index (χ2v) is 9.84. The fraction of sp³-hybridized carbons (Fsp3) is 0.160. The fourth-order valence-corrected chi connectivity index (χ4v) is 5.62. The standard InChI is InChI=1S/C25H18F3N3OS2/c1-15-7-9-16(10-8-15)13-31-23(32)21-20(19-6-3-11-29-22(19)34-21)30-24(31)33-14-17-4-2-5-18(12-17)25(26,27)28/h2-12H,13-14H2,1H3. The van der Waals surface area contributed by atoms with Gasteiger partial charge in [-0.05, 0) is 36.2 Å². The number of alkyl halides is 3. The van der Waals surface area contributed by atoms with Gasteiger partial charge in [-0.2, -0.15) is 13.2 Å². The number of nitrogens with zero attached hydrogens (tertiary/aromatic N) is 3. The van der Waals surface area contributed by atoms with Crippen molar-refractivity contribution in [3.8, 4) is 0 Å². The van der Waals surface area contributed by atoms with Gasteiger partial charge < -0.3 is 0 Å². The van der Waals surface area contributed by atoms with Crippen LogP contribution in [0, 0.1) is 6.92 Å². The largest absolute Gasteiger partial charge is 0.416 e. The van der Waals surface area contributed by atoms with Gasteiger partial charge in [0.1, 0.15) is 9.53 Å². The molecule has 2 aromatic carbocycles. The summed E-state index contributed by atoms with van der Waals surface area (Å²) < 4.78 is 41.5. The molecule has 0 atom stereocenters. The minimum atomic E-state index is -4.41. The number of benzene rings is 2. The van der Waals surface area contributed by atoms with Gasteiger partial charge in [-0.15, -0.1) is 11.3 Å². The first kappa shape index (κ1) is 22.6. The summed E-state index contributed by atoms with van der Waals surface area (Å²) in [5.41, 5.74) is 2.26. The number of pyridine rings is 1. The maximum absolute atomic E-state index is 13.5. The summed E-state index contributed by atoms with van der Waals surface area (Å²) in [6.07, 6.45) is -2.74. The Morgan fingerprint density at radius 2 is 1.82 bits per heavy atom. The van der Waals surface area contributed by atoms with E-state index >= 15 is 0 Å². The zero-order chi connectivity index (χ0) is 23.9. The Bertz CT molecular complexity index is 1560. The Morgan fingerprint density at radius 3 is 2.59 bits per heavy atom. The molecule has 4 nitrogen and oxygen atoms in total. The van der Waals surface area contributed by atoms with Gasteiger partial charge in [0, 0.05) is 17.3 Å². The molecule has 3 aromatic heterocycles. The molecule has 0 saturated carbocycles. The van der Waals surface area contributed by atoms with E-state index in [0.29, 0.717) is 27.5 Å². The summed E-state index contributed by atoms with van der Waals surface area (Å²) in [7, 11) is 0. The molecule has 5 aromatic rings. The van der Waals surface area contributed by atoms with Crippen LogP contribution in [0.5, 0.6) is 0 Å². The quantitative estimate of drug-likeness (QED) is 0.201. The van der Waals surface area contributed by atoms with Crippen LogP contribution >= 0.6 is 23.1 Å². The van der Waals surface area contributed by atoms with E-state index in [1.165, 1.54) is 29.2 Å². The van der Waals surface area contributed by atoms with Crippen LogP contribution in [-0.4, -0.2) is 14.5 Å². The van der Waals surface area contributed by atoms with Crippen LogP contribution in [0.2, 0.25) is 0 Å². The third-order valence-corrected chi connectivity index (χ3v) is 7.54. The van der Waals surface area contributed by atoms with Crippen molar-refractivity contribution >= 4 is 43.5 Å². The molecule has 172 valence electrons. The summed E-state index contributed by atoms with van der Waals surface area (Å²) in [5.74, 6) is 0.246. The smallest absolute Gasteiger partial charge is 0.282 e. The molecule has 34 heavy (non-hydrogen) atoms. The number of thioether (sulfide) groups is 1. The molecule has 0 radical (unpaired) electrons. The first-order chi connectivity index (χ1) is 16.3. The normalized spacial score (nSPS) is 12.0. The highest BCUT2D eigenvalue weighted by Crippen LogP contribution is 2.33. The Labute approximate surface area is 201 Å². The third-order valence-electron chi connectivity index (χ3n) is 5.40. The van der Waals surface area contributed by atoms with Gasteiger partial charge in [-0.1, -0.05) is 59.8 Å². The van der Waals surface area contributed by atoms with Gasteiger partial charge in [0.25, 0.3) is 5.56 Å². The van der Waals surface area contributed by atoms with Crippen molar-refractivity contribution in [2.75, 3.05) is 0 Å². The van der Waals surface area contributed by atoms with Crippen molar-refractivity contribution in [2.24, 2.45) is 0 Å². The first-order valence-electron chi connectivity index (χ1n) is 10.4. The van der Waals surface area contributed by atoms with Crippen molar-refractivity contribution in [2.45, 2.75) is 30.6 Å². The summed E-state index contributed by atoms with van der Waals surface area (Å²) in [6.45, 7) is 2.30. The number of hydrogen-bond donors (Lipinski definition) is 0. The topological polar surface area (TPSA) is 47.8 Å². The summed E-state index contributed by atoms with van der Waals surface area (Å²) >= 11 is 2.55. The van der Waals surface area contributed by atoms with Gasteiger partial charge >= 0.3 is 6.18 Å². The first-order valence-corrected chi connectivity index (χ1v) is 12.2. The van der Waals surface area contributed by atoms with Crippen LogP contribution in [0.1, 0.15) is 22.3 Å². The molecular formula is C25H18F3N3OS2. The molecule has 0 aliphatic rings. The maximum atomic E-state index is 13.5. The predicted octanol–water partition coefficient (Wildman–Crippen LogP) is 6.67. The van der Waals surface area contributed by atoms with E-state index < -0.39 is 11.7 Å². The molecule has 0 aliphatic heterocycles. The van der Waals surface area contributed by atoms with Gasteiger partial charge in [0.05, 0.1) is 17.6 Å². The minimum absolute atomic E-state index is 0.180. The monoisotopic (exact) mass is 497 g/mol.